The molecule has 0 fully saturated rings. The van der Waals surface area contributed by atoms with Crippen molar-refractivity contribution >= 4 is 56.3 Å². The second-order valence-electron chi connectivity index (χ2n) is 5.01. The summed E-state index contributed by atoms with van der Waals surface area (Å²) in [7, 11) is 0. The molecule has 0 aliphatic carbocycles. The highest BCUT2D eigenvalue weighted by Crippen LogP contribution is 2.23. The molecule has 0 saturated heterocycles. The third kappa shape index (κ3) is 2.67. The molecule has 3 nitrogen and oxygen atoms in total. The monoisotopic (exact) mass is 339 g/mol. The van der Waals surface area contributed by atoms with Crippen molar-refractivity contribution in [3.63, 3.8) is 0 Å². The minimum Gasteiger partial charge on any atom is -0.463 e. The summed E-state index contributed by atoms with van der Waals surface area (Å²) in [4.78, 5) is 17.0. The molecule has 23 heavy (non-hydrogen) atoms. The third-order valence-electron chi connectivity index (χ3n) is 3.48. The molecule has 0 atom stereocenters. The van der Waals surface area contributed by atoms with Crippen LogP contribution in [-0.4, -0.2) is 4.98 Å². The highest BCUT2D eigenvalue weighted by molar-refractivity contribution is 7.19. The first-order chi connectivity index (χ1) is 11.2. The summed E-state index contributed by atoms with van der Waals surface area (Å²) in [6.07, 6.45) is 5.01. The van der Waals surface area contributed by atoms with Crippen molar-refractivity contribution in [2.45, 2.75) is 0 Å². The van der Waals surface area contributed by atoms with E-state index in [0.717, 1.165) is 15.2 Å². The van der Waals surface area contributed by atoms with Crippen LogP contribution >= 0.6 is 22.9 Å². The lowest BCUT2D eigenvalue weighted by Crippen LogP contribution is -2.04. The Morgan fingerprint density at radius 2 is 2.00 bits per heavy atom. The average Bonchev–Trinajstić information content (AvgIpc) is 2.97. The number of fused-ring (bicyclic) bond motifs is 2. The Hall–Kier alpha value is -2.43. The van der Waals surface area contributed by atoms with Crippen molar-refractivity contribution in [3.05, 3.63) is 74.5 Å². The van der Waals surface area contributed by atoms with Gasteiger partial charge in [0.25, 0.3) is 0 Å². The lowest BCUT2D eigenvalue weighted by molar-refractivity contribution is 0.601. The number of aromatic nitrogens is 1. The zero-order valence-corrected chi connectivity index (χ0v) is 13.4. The van der Waals surface area contributed by atoms with E-state index >= 15 is 0 Å². The van der Waals surface area contributed by atoms with Crippen molar-refractivity contribution in [2.75, 3.05) is 0 Å². The average molecular weight is 340 g/mol. The Kier molecular flexibility index (Phi) is 3.48. The Balaban J connectivity index is 1.77. The molecular formula is C18H10ClNO2S. The molecule has 0 aliphatic heterocycles. The van der Waals surface area contributed by atoms with Gasteiger partial charge in [0.1, 0.15) is 16.9 Å². The van der Waals surface area contributed by atoms with Gasteiger partial charge in [-0.2, -0.15) is 0 Å². The third-order valence-corrected chi connectivity index (χ3v) is 4.71. The van der Waals surface area contributed by atoms with Crippen LogP contribution in [0, 0.1) is 0 Å². The number of hydrogen-bond donors (Lipinski definition) is 0. The van der Waals surface area contributed by atoms with Gasteiger partial charge in [-0.05, 0) is 42.5 Å². The molecule has 0 unspecified atom stereocenters. The summed E-state index contributed by atoms with van der Waals surface area (Å²) in [6.45, 7) is 0. The number of thiazole rings is 1. The van der Waals surface area contributed by atoms with Crippen molar-refractivity contribution in [2.24, 2.45) is 0 Å². The number of halogens is 1. The summed E-state index contributed by atoms with van der Waals surface area (Å²) < 4.78 is 6.61. The molecule has 4 rings (SSSR count). The topological polar surface area (TPSA) is 43.1 Å². The molecule has 0 amide bonds. The number of benzene rings is 2. The minimum absolute atomic E-state index is 0.105. The molecule has 5 heteroatoms. The zero-order valence-electron chi connectivity index (χ0n) is 11.8. The normalized spacial score (nSPS) is 11.7. The SMILES string of the molecule is O=c1c(C=Cc2nc3ccccc3s2)coc2ccc(Cl)cc12. The van der Waals surface area contributed by atoms with E-state index in [1.807, 2.05) is 30.3 Å². The van der Waals surface area contributed by atoms with Gasteiger partial charge in [0, 0.05) is 5.02 Å². The number of para-hydroxylation sites is 1. The summed E-state index contributed by atoms with van der Waals surface area (Å²) in [5, 5.41) is 1.83. The van der Waals surface area contributed by atoms with Crippen molar-refractivity contribution < 1.29 is 4.42 Å². The van der Waals surface area contributed by atoms with Crippen LogP contribution in [0.25, 0.3) is 33.3 Å². The molecule has 4 aromatic rings. The summed E-state index contributed by atoms with van der Waals surface area (Å²) in [6, 6.07) is 12.9. The zero-order chi connectivity index (χ0) is 15.8. The van der Waals surface area contributed by atoms with Gasteiger partial charge in [0.2, 0.25) is 0 Å². The Morgan fingerprint density at radius 3 is 2.87 bits per heavy atom. The number of hydrogen-bond acceptors (Lipinski definition) is 4. The fourth-order valence-corrected chi connectivity index (χ4v) is 3.40. The molecule has 2 aromatic heterocycles. The lowest BCUT2D eigenvalue weighted by Gasteiger charge is -1.98. The maximum Gasteiger partial charge on any atom is 0.199 e. The van der Waals surface area contributed by atoms with Gasteiger partial charge in [-0.3, -0.25) is 4.79 Å². The molecule has 112 valence electrons. The van der Waals surface area contributed by atoms with E-state index in [2.05, 4.69) is 4.98 Å². The number of rotatable bonds is 2. The van der Waals surface area contributed by atoms with Crippen LogP contribution in [0.1, 0.15) is 10.6 Å². The quantitative estimate of drug-likeness (QED) is 0.502. The molecule has 0 radical (unpaired) electrons. The predicted molar refractivity (Wildman–Crippen MR) is 96.0 cm³/mol. The molecule has 2 heterocycles. The van der Waals surface area contributed by atoms with Gasteiger partial charge in [-0.1, -0.05) is 23.7 Å². The van der Waals surface area contributed by atoms with E-state index in [1.165, 1.54) is 6.26 Å². The summed E-state index contributed by atoms with van der Waals surface area (Å²) in [5.41, 5.74) is 1.84. The first kappa shape index (κ1) is 14.2. The van der Waals surface area contributed by atoms with Gasteiger partial charge in [0.15, 0.2) is 5.43 Å². The van der Waals surface area contributed by atoms with Gasteiger partial charge in [-0.25, -0.2) is 4.98 Å². The standard InChI is InChI=1S/C18H10ClNO2S/c19-12-6-7-15-13(9-12)18(21)11(10-22-15)5-8-17-20-14-3-1-2-4-16(14)23-17/h1-10H. The molecule has 0 N–H and O–H groups in total. The fourth-order valence-electron chi connectivity index (χ4n) is 2.36. The van der Waals surface area contributed by atoms with E-state index in [1.54, 1.807) is 35.6 Å². The summed E-state index contributed by atoms with van der Waals surface area (Å²) >= 11 is 7.53. The highest BCUT2D eigenvalue weighted by atomic mass is 35.5. The maximum atomic E-state index is 12.5. The summed E-state index contributed by atoms with van der Waals surface area (Å²) in [5.74, 6) is 0. The van der Waals surface area contributed by atoms with Crippen LogP contribution in [0.2, 0.25) is 5.02 Å². The van der Waals surface area contributed by atoms with Crippen LogP contribution in [0.3, 0.4) is 0 Å². The van der Waals surface area contributed by atoms with E-state index in [-0.39, 0.29) is 5.43 Å². The molecule has 0 saturated carbocycles. The van der Waals surface area contributed by atoms with E-state index in [4.69, 9.17) is 16.0 Å². The molecule has 0 aliphatic rings. The molecule has 0 spiro atoms. The minimum atomic E-state index is -0.105. The van der Waals surface area contributed by atoms with Gasteiger partial charge in [-0.15, -0.1) is 11.3 Å². The Labute approximate surface area is 140 Å². The predicted octanol–water partition coefficient (Wildman–Crippen LogP) is 5.23. The first-order valence-electron chi connectivity index (χ1n) is 6.95. The van der Waals surface area contributed by atoms with Crippen molar-refractivity contribution in [1.82, 2.24) is 4.98 Å². The Morgan fingerprint density at radius 1 is 1.13 bits per heavy atom. The second kappa shape index (κ2) is 5.65. The molecule has 2 aromatic carbocycles. The fraction of sp³-hybridized carbons (Fsp3) is 0. The van der Waals surface area contributed by atoms with E-state index < -0.39 is 0 Å². The highest BCUT2D eigenvalue weighted by Gasteiger charge is 2.06. The van der Waals surface area contributed by atoms with Gasteiger partial charge < -0.3 is 4.42 Å². The van der Waals surface area contributed by atoms with Crippen LogP contribution in [0.15, 0.2) is 57.9 Å². The van der Waals surface area contributed by atoms with Crippen LogP contribution < -0.4 is 5.43 Å². The van der Waals surface area contributed by atoms with Gasteiger partial charge in [0.05, 0.1) is 21.2 Å². The molecular weight excluding hydrogens is 330 g/mol. The lowest BCUT2D eigenvalue weighted by atomic mass is 10.1. The smallest absolute Gasteiger partial charge is 0.199 e. The maximum absolute atomic E-state index is 12.5. The molecule has 0 bridgehead atoms. The number of nitrogens with zero attached hydrogens (tertiary/aromatic N) is 1. The van der Waals surface area contributed by atoms with Crippen molar-refractivity contribution in [1.29, 1.82) is 0 Å². The van der Waals surface area contributed by atoms with Crippen LogP contribution in [-0.2, 0) is 0 Å². The van der Waals surface area contributed by atoms with Gasteiger partial charge >= 0.3 is 0 Å². The van der Waals surface area contributed by atoms with Crippen molar-refractivity contribution in [3.8, 4) is 0 Å². The first-order valence-corrected chi connectivity index (χ1v) is 8.15. The van der Waals surface area contributed by atoms with Crippen LogP contribution in [0.4, 0.5) is 0 Å². The second-order valence-corrected chi connectivity index (χ2v) is 6.51. The van der Waals surface area contributed by atoms with E-state index in [0.29, 0.717) is 21.6 Å². The largest absolute Gasteiger partial charge is 0.463 e. The van der Waals surface area contributed by atoms with Crippen LogP contribution in [0.5, 0.6) is 0 Å². The van der Waals surface area contributed by atoms with E-state index in [9.17, 15) is 4.79 Å². The Bertz CT molecular complexity index is 1080.